The Bertz CT molecular complexity index is 1080. The maximum absolute atomic E-state index is 2.42. The lowest BCUT2D eigenvalue weighted by atomic mass is 10.1. The first-order valence-electron chi connectivity index (χ1n) is 10.5. The molecule has 5 rings (SSSR count). The average molecular weight is 401 g/mol. The normalized spacial score (nSPS) is 13.6. The minimum Gasteiger partial charge on any atom is -0.0802 e. The first-order chi connectivity index (χ1) is 14.9. The van der Waals surface area contributed by atoms with E-state index in [4.69, 9.17) is 0 Å². The Kier molecular flexibility index (Phi) is 5.04. The molecule has 0 saturated heterocycles. The predicted molar refractivity (Wildman–Crippen MR) is 131 cm³/mol. The molecule has 0 heterocycles. The van der Waals surface area contributed by atoms with Gasteiger partial charge in [0.15, 0.2) is 8.07 Å². The van der Waals surface area contributed by atoms with Gasteiger partial charge in [0.05, 0.1) is 0 Å². The first kappa shape index (κ1) is 18.6. The Labute approximate surface area is 179 Å². The zero-order valence-electron chi connectivity index (χ0n) is 16.9. The molecule has 0 atom stereocenters. The van der Waals surface area contributed by atoms with Crippen LogP contribution in [0.15, 0.2) is 139 Å². The molecule has 4 aromatic rings. The predicted octanol–water partition coefficient (Wildman–Crippen LogP) is 5.11. The zero-order valence-corrected chi connectivity index (χ0v) is 17.9. The van der Waals surface area contributed by atoms with Crippen LogP contribution < -0.4 is 15.6 Å². The molecule has 0 fully saturated rings. The molecule has 1 heteroatoms. The highest BCUT2D eigenvalue weighted by Crippen LogP contribution is 2.34. The maximum atomic E-state index is 2.34. The number of benzene rings is 4. The largest absolute Gasteiger partial charge is 0.176 e. The minimum atomic E-state index is -2.42. The molecule has 1 aliphatic carbocycles. The summed E-state index contributed by atoms with van der Waals surface area (Å²) < 4.78 is 0. The van der Waals surface area contributed by atoms with E-state index in [1.54, 1.807) is 5.20 Å². The summed E-state index contributed by atoms with van der Waals surface area (Å²) in [6.45, 7) is 0. The van der Waals surface area contributed by atoms with Crippen molar-refractivity contribution in [3.05, 3.63) is 144 Å². The summed E-state index contributed by atoms with van der Waals surface area (Å²) in [7, 11) is -2.42. The van der Waals surface area contributed by atoms with E-state index in [1.807, 2.05) is 0 Å². The van der Waals surface area contributed by atoms with Gasteiger partial charge in [-0.05, 0) is 33.1 Å². The molecule has 4 aromatic carbocycles. The van der Waals surface area contributed by atoms with Crippen molar-refractivity contribution in [2.75, 3.05) is 0 Å². The number of allylic oxidation sites excluding steroid dienone is 4. The topological polar surface area (TPSA) is 0 Å². The maximum Gasteiger partial charge on any atom is 0.176 e. The van der Waals surface area contributed by atoms with Crippen molar-refractivity contribution in [2.24, 2.45) is 0 Å². The third-order valence-electron chi connectivity index (χ3n) is 6.09. The summed E-state index contributed by atoms with van der Waals surface area (Å²) in [4.78, 5) is 0. The summed E-state index contributed by atoms with van der Waals surface area (Å²) in [6.07, 6.45) is 5.67. The fourth-order valence-corrected chi connectivity index (χ4v) is 10.0. The molecule has 0 N–H and O–H groups in total. The van der Waals surface area contributed by atoms with E-state index in [2.05, 4.69) is 133 Å². The molecule has 0 aromatic heterocycles. The molecule has 0 spiro atoms. The van der Waals surface area contributed by atoms with Gasteiger partial charge in [0, 0.05) is 0 Å². The van der Waals surface area contributed by atoms with Crippen LogP contribution >= 0.6 is 0 Å². The molecule has 30 heavy (non-hydrogen) atoms. The molecule has 0 bridgehead atoms. The second-order valence-corrected chi connectivity index (χ2v) is 11.5. The lowest BCUT2D eigenvalue weighted by Gasteiger charge is -2.36. The van der Waals surface area contributed by atoms with Crippen LogP contribution in [0.2, 0.25) is 0 Å². The van der Waals surface area contributed by atoms with Crippen LogP contribution in [0.1, 0.15) is 12.0 Å². The van der Waals surface area contributed by atoms with Gasteiger partial charge in [0.25, 0.3) is 0 Å². The van der Waals surface area contributed by atoms with Gasteiger partial charge in [0.1, 0.15) is 0 Å². The number of hydrogen-bond donors (Lipinski definition) is 0. The standard InChI is InChI=1S/C29H24Si/c1-5-14-24(15-6-1)28-22-13-23-29(28)30(25-16-7-2-8-17-25,26-18-9-3-10-19-26)27-20-11-4-12-21-27/h1-22H,23H2. The molecule has 0 radical (unpaired) electrons. The van der Waals surface area contributed by atoms with Gasteiger partial charge in [-0.2, -0.15) is 0 Å². The molecule has 0 unspecified atom stereocenters. The van der Waals surface area contributed by atoms with E-state index in [1.165, 1.54) is 26.7 Å². The Morgan fingerprint density at radius 1 is 0.467 bits per heavy atom. The highest BCUT2D eigenvalue weighted by Gasteiger charge is 2.44. The quantitative estimate of drug-likeness (QED) is 0.323. The lowest BCUT2D eigenvalue weighted by molar-refractivity contribution is 1.37. The van der Waals surface area contributed by atoms with E-state index in [0.717, 1.165) is 6.42 Å². The minimum absolute atomic E-state index is 0.995. The van der Waals surface area contributed by atoms with Gasteiger partial charge in [-0.15, -0.1) is 0 Å². The van der Waals surface area contributed by atoms with Crippen molar-refractivity contribution in [3.63, 3.8) is 0 Å². The highest BCUT2D eigenvalue weighted by atomic mass is 28.3. The molecule has 0 amide bonds. The Hall–Kier alpha value is -3.42. The third kappa shape index (κ3) is 3.08. The summed E-state index contributed by atoms with van der Waals surface area (Å²) in [5.41, 5.74) is 2.69. The highest BCUT2D eigenvalue weighted by molar-refractivity contribution is 7.16. The van der Waals surface area contributed by atoms with Crippen molar-refractivity contribution in [1.29, 1.82) is 0 Å². The van der Waals surface area contributed by atoms with E-state index >= 15 is 0 Å². The van der Waals surface area contributed by atoms with Gasteiger partial charge in [-0.1, -0.05) is 139 Å². The SMILES string of the molecule is C1=CC(c2ccccc2)=C([Si](c2ccccc2)(c2ccccc2)c2ccccc2)C1. The molecule has 1 aliphatic rings. The summed E-state index contributed by atoms with van der Waals surface area (Å²) in [5.74, 6) is 0. The first-order valence-corrected chi connectivity index (χ1v) is 12.5. The van der Waals surface area contributed by atoms with Crippen LogP contribution in [0.5, 0.6) is 0 Å². The number of rotatable bonds is 5. The Balaban J connectivity index is 1.90. The smallest absolute Gasteiger partial charge is 0.0802 e. The molecule has 144 valence electrons. The van der Waals surface area contributed by atoms with Crippen molar-refractivity contribution in [3.8, 4) is 0 Å². The van der Waals surface area contributed by atoms with E-state index in [-0.39, 0.29) is 0 Å². The van der Waals surface area contributed by atoms with Gasteiger partial charge < -0.3 is 0 Å². The monoisotopic (exact) mass is 400 g/mol. The Morgan fingerprint density at radius 2 is 0.867 bits per heavy atom. The van der Waals surface area contributed by atoms with Crippen LogP contribution in [0, 0.1) is 0 Å². The lowest BCUT2D eigenvalue weighted by Crippen LogP contribution is -2.68. The van der Waals surface area contributed by atoms with E-state index < -0.39 is 8.07 Å². The van der Waals surface area contributed by atoms with Crippen molar-refractivity contribution >= 4 is 29.2 Å². The van der Waals surface area contributed by atoms with Crippen LogP contribution in [0.3, 0.4) is 0 Å². The summed E-state index contributed by atoms with van der Waals surface area (Å²) in [6, 6.07) is 44.4. The second-order valence-electron chi connectivity index (χ2n) is 7.71. The fourth-order valence-electron chi connectivity index (χ4n) is 4.84. The van der Waals surface area contributed by atoms with Gasteiger partial charge >= 0.3 is 0 Å². The van der Waals surface area contributed by atoms with Gasteiger partial charge in [-0.25, -0.2) is 0 Å². The molecular formula is C29H24Si. The molecule has 0 nitrogen and oxygen atoms in total. The summed E-state index contributed by atoms with van der Waals surface area (Å²) >= 11 is 0. The molecule has 0 aliphatic heterocycles. The van der Waals surface area contributed by atoms with Gasteiger partial charge in [0.2, 0.25) is 0 Å². The van der Waals surface area contributed by atoms with E-state index in [9.17, 15) is 0 Å². The van der Waals surface area contributed by atoms with Gasteiger partial charge in [-0.3, -0.25) is 0 Å². The van der Waals surface area contributed by atoms with Crippen LogP contribution in [0.25, 0.3) is 5.57 Å². The van der Waals surface area contributed by atoms with Crippen LogP contribution in [-0.2, 0) is 0 Å². The van der Waals surface area contributed by atoms with Crippen molar-refractivity contribution in [1.82, 2.24) is 0 Å². The summed E-state index contributed by atoms with van der Waals surface area (Å²) in [5, 5.41) is 5.89. The van der Waals surface area contributed by atoms with Crippen molar-refractivity contribution < 1.29 is 0 Å². The second kappa shape index (κ2) is 8.14. The number of hydrogen-bond acceptors (Lipinski definition) is 0. The van der Waals surface area contributed by atoms with Crippen LogP contribution in [-0.4, -0.2) is 8.07 Å². The molecular weight excluding hydrogens is 376 g/mol. The Morgan fingerprint density at radius 3 is 1.30 bits per heavy atom. The fraction of sp³-hybridized carbons (Fsp3) is 0.0345. The average Bonchev–Trinajstić information content (AvgIpc) is 3.33. The third-order valence-corrected chi connectivity index (χ3v) is 11.1. The van der Waals surface area contributed by atoms with E-state index in [0.29, 0.717) is 0 Å². The molecule has 0 saturated carbocycles. The zero-order chi connectivity index (χ0) is 20.2. The van der Waals surface area contributed by atoms with Crippen molar-refractivity contribution in [2.45, 2.75) is 6.42 Å². The van der Waals surface area contributed by atoms with Crippen LogP contribution in [0.4, 0.5) is 0 Å².